The molecule has 10 nitrogen and oxygen atoms in total. The van der Waals surface area contributed by atoms with Gasteiger partial charge >= 0.3 is 0 Å². The van der Waals surface area contributed by atoms with Gasteiger partial charge in [-0.1, -0.05) is 0 Å². The van der Waals surface area contributed by atoms with Gasteiger partial charge in [0.05, 0.1) is 17.2 Å². The summed E-state index contributed by atoms with van der Waals surface area (Å²) < 4.78 is 33.8. The number of hydrogen-bond acceptors (Lipinski definition) is 7. The van der Waals surface area contributed by atoms with Gasteiger partial charge in [0.2, 0.25) is 5.91 Å². The Morgan fingerprint density at radius 3 is 2.83 bits per heavy atom. The third kappa shape index (κ3) is 4.69. The van der Waals surface area contributed by atoms with Crippen molar-refractivity contribution < 1.29 is 23.1 Å². The molecule has 2 aromatic heterocycles. The molecule has 0 saturated carbocycles. The molecule has 1 atom stereocenters. The molecule has 1 unspecified atom stereocenters. The topological polar surface area (TPSA) is 118 Å². The number of nitrogens with zero attached hydrogens (tertiary/aromatic N) is 4. The van der Waals surface area contributed by atoms with Gasteiger partial charge in [0.15, 0.2) is 29.8 Å². The predicted octanol–water partition coefficient (Wildman–Crippen LogP) is 1.58. The molecule has 0 aliphatic carbocycles. The highest BCUT2D eigenvalue weighted by molar-refractivity contribution is 5.97. The maximum Gasteiger partial charge on any atom is 0.269 e. The highest BCUT2D eigenvalue weighted by Gasteiger charge is 2.32. The zero-order valence-corrected chi connectivity index (χ0v) is 18.6. The molecular formula is C23H22F2N6O4. The molecule has 1 aromatic carbocycles. The number of fused-ring (bicyclic) bond motifs is 2. The van der Waals surface area contributed by atoms with Gasteiger partial charge in [0.25, 0.3) is 11.5 Å². The number of hydrogen-bond donors (Lipinski definition) is 2. The van der Waals surface area contributed by atoms with E-state index in [1.165, 1.54) is 4.57 Å². The smallest absolute Gasteiger partial charge is 0.269 e. The molecule has 1 fully saturated rings. The number of nitrogens with one attached hydrogen (secondary N) is 2. The molecule has 1 saturated heterocycles. The zero-order chi connectivity index (χ0) is 24.5. The zero-order valence-electron chi connectivity index (χ0n) is 18.6. The van der Waals surface area contributed by atoms with Crippen molar-refractivity contribution in [3.05, 3.63) is 52.5 Å². The molecule has 0 radical (unpaired) electrons. The highest BCUT2D eigenvalue weighted by atomic mass is 19.2. The summed E-state index contributed by atoms with van der Waals surface area (Å²) in [6, 6.07) is 5.25. The molecule has 0 bridgehead atoms. The Bertz CT molecular complexity index is 1380. The first kappa shape index (κ1) is 22.8. The molecule has 2 aliphatic heterocycles. The Morgan fingerprint density at radius 1 is 1.14 bits per heavy atom. The van der Waals surface area contributed by atoms with E-state index in [0.717, 1.165) is 18.3 Å². The maximum absolute atomic E-state index is 13.7. The average Bonchev–Trinajstić information content (AvgIpc) is 3.21. The van der Waals surface area contributed by atoms with Crippen LogP contribution in [0.25, 0.3) is 11.0 Å². The van der Waals surface area contributed by atoms with E-state index in [0.29, 0.717) is 56.3 Å². The van der Waals surface area contributed by atoms with Crippen molar-refractivity contribution >= 4 is 34.5 Å². The molecule has 35 heavy (non-hydrogen) atoms. The first-order valence-electron chi connectivity index (χ1n) is 11.2. The van der Waals surface area contributed by atoms with E-state index in [1.54, 1.807) is 17.0 Å². The van der Waals surface area contributed by atoms with Gasteiger partial charge in [0.1, 0.15) is 5.82 Å². The minimum atomic E-state index is -1.03. The summed E-state index contributed by atoms with van der Waals surface area (Å²) in [5.74, 6) is -1.22. The van der Waals surface area contributed by atoms with Crippen molar-refractivity contribution in [1.29, 1.82) is 0 Å². The number of ether oxygens (including phenoxy) is 1. The quantitative estimate of drug-likeness (QED) is 0.489. The van der Waals surface area contributed by atoms with E-state index in [9.17, 15) is 23.2 Å². The van der Waals surface area contributed by atoms with E-state index in [1.807, 2.05) is 0 Å². The fraction of sp³-hybridized carbons (Fsp3) is 0.348. The van der Waals surface area contributed by atoms with Crippen LogP contribution in [0.1, 0.15) is 19.3 Å². The van der Waals surface area contributed by atoms with Gasteiger partial charge in [-0.05, 0) is 31.5 Å². The van der Waals surface area contributed by atoms with Crippen molar-refractivity contribution in [2.45, 2.75) is 31.8 Å². The number of aromatic nitrogens is 3. The summed E-state index contributed by atoms with van der Waals surface area (Å²) in [5.41, 5.74) is 0.0845. The Labute approximate surface area is 197 Å². The lowest BCUT2D eigenvalue weighted by atomic mass is 10.2. The maximum atomic E-state index is 13.7. The van der Waals surface area contributed by atoms with Crippen molar-refractivity contribution in [1.82, 2.24) is 19.9 Å². The lowest BCUT2D eigenvalue weighted by molar-refractivity contribution is -0.118. The number of halogens is 2. The van der Waals surface area contributed by atoms with E-state index in [2.05, 4.69) is 20.6 Å². The molecule has 5 rings (SSSR count). The van der Waals surface area contributed by atoms with Gasteiger partial charge < -0.3 is 19.9 Å². The number of anilines is 2. The van der Waals surface area contributed by atoms with Crippen LogP contribution in [0.3, 0.4) is 0 Å². The summed E-state index contributed by atoms with van der Waals surface area (Å²) in [7, 11) is 0. The van der Waals surface area contributed by atoms with Gasteiger partial charge in [0, 0.05) is 37.7 Å². The summed E-state index contributed by atoms with van der Waals surface area (Å²) >= 11 is 0. The van der Waals surface area contributed by atoms with Crippen molar-refractivity contribution in [2.24, 2.45) is 0 Å². The molecule has 2 amide bonds. The summed E-state index contributed by atoms with van der Waals surface area (Å²) in [4.78, 5) is 46.1. The third-order valence-electron chi connectivity index (χ3n) is 5.99. The SMILES string of the molecule is O=C1COc2ccc(N3CC(NCCCCn4c(=O)cnc5cc(F)c(F)cc54)CC3=O)nc2N1. The van der Waals surface area contributed by atoms with Gasteiger partial charge in [-0.25, -0.2) is 18.7 Å². The van der Waals surface area contributed by atoms with Crippen molar-refractivity contribution in [3.8, 4) is 5.75 Å². The Morgan fingerprint density at radius 2 is 1.97 bits per heavy atom. The molecule has 2 aliphatic rings. The highest BCUT2D eigenvalue weighted by Crippen LogP contribution is 2.30. The van der Waals surface area contributed by atoms with Crippen molar-refractivity contribution in [3.63, 3.8) is 0 Å². The summed E-state index contributed by atoms with van der Waals surface area (Å²) in [6.45, 7) is 1.30. The van der Waals surface area contributed by atoms with Crippen LogP contribution in [0.15, 0.2) is 35.3 Å². The van der Waals surface area contributed by atoms with Crippen LogP contribution in [0.5, 0.6) is 5.75 Å². The van der Waals surface area contributed by atoms with Crippen LogP contribution in [0, 0.1) is 11.6 Å². The first-order valence-corrected chi connectivity index (χ1v) is 11.2. The van der Waals surface area contributed by atoms with Crippen LogP contribution in [0.4, 0.5) is 20.4 Å². The van der Waals surface area contributed by atoms with Crippen LogP contribution >= 0.6 is 0 Å². The lowest BCUT2D eigenvalue weighted by Crippen LogP contribution is -2.34. The van der Waals surface area contributed by atoms with Crippen LogP contribution in [0.2, 0.25) is 0 Å². The minimum Gasteiger partial charge on any atom is -0.480 e. The first-order chi connectivity index (χ1) is 16.9. The second-order valence-electron chi connectivity index (χ2n) is 8.42. The number of amides is 2. The van der Waals surface area contributed by atoms with Crippen molar-refractivity contribution in [2.75, 3.05) is 29.9 Å². The molecule has 0 spiro atoms. The molecule has 182 valence electrons. The fourth-order valence-electron chi connectivity index (χ4n) is 4.26. The Hall–Kier alpha value is -3.93. The van der Waals surface area contributed by atoms with E-state index < -0.39 is 11.6 Å². The van der Waals surface area contributed by atoms with E-state index in [-0.39, 0.29) is 41.1 Å². The van der Waals surface area contributed by atoms with Crippen LogP contribution < -0.4 is 25.8 Å². The molecule has 3 aromatic rings. The number of pyridine rings is 1. The Balaban J connectivity index is 1.15. The molecular weight excluding hydrogens is 462 g/mol. The normalized spacial score (nSPS) is 17.4. The second kappa shape index (κ2) is 9.37. The standard InChI is InChI=1S/C23H22F2N6O4/c24-14-8-16-17(9-15(14)25)30(22(34)10-27-16)6-2-1-5-26-13-7-21(33)31(11-13)19-4-3-18-23(28-19)29-20(32)12-35-18/h3-4,8-10,13,26H,1-2,5-7,11-12H2,(H,28,29,32). The van der Waals surface area contributed by atoms with Gasteiger partial charge in [-0.3, -0.25) is 19.3 Å². The Kier molecular flexibility index (Phi) is 6.12. The minimum absolute atomic E-state index is 0.0654. The average molecular weight is 484 g/mol. The number of rotatable bonds is 7. The predicted molar refractivity (Wildman–Crippen MR) is 122 cm³/mol. The van der Waals surface area contributed by atoms with Gasteiger partial charge in [-0.15, -0.1) is 0 Å². The van der Waals surface area contributed by atoms with Gasteiger partial charge in [-0.2, -0.15) is 0 Å². The monoisotopic (exact) mass is 484 g/mol. The lowest BCUT2D eigenvalue weighted by Gasteiger charge is -2.21. The molecule has 4 heterocycles. The largest absolute Gasteiger partial charge is 0.480 e. The van der Waals surface area contributed by atoms with E-state index >= 15 is 0 Å². The fourth-order valence-corrected chi connectivity index (χ4v) is 4.26. The molecule has 12 heteroatoms. The number of carbonyl (C=O) groups excluding carboxylic acids is 2. The second-order valence-corrected chi connectivity index (χ2v) is 8.42. The number of benzene rings is 1. The third-order valence-corrected chi connectivity index (χ3v) is 5.99. The van der Waals surface area contributed by atoms with E-state index in [4.69, 9.17) is 4.74 Å². The number of aryl methyl sites for hydroxylation is 1. The molecule has 2 N–H and O–H groups in total. The van der Waals surface area contributed by atoms with Crippen LogP contribution in [-0.4, -0.2) is 52.1 Å². The van der Waals surface area contributed by atoms with Crippen LogP contribution in [-0.2, 0) is 16.1 Å². The number of carbonyl (C=O) groups is 2. The summed E-state index contributed by atoms with van der Waals surface area (Å²) in [6.07, 6.45) is 2.72. The number of unbranched alkanes of at least 4 members (excludes halogenated alkanes) is 1. The summed E-state index contributed by atoms with van der Waals surface area (Å²) in [5, 5.41) is 5.98.